The third-order valence-electron chi connectivity index (χ3n) is 5.27. The smallest absolute Gasteiger partial charge is 0.327 e. The third-order valence-corrected chi connectivity index (χ3v) is 5.27. The molecule has 5 amide bonds. The van der Waals surface area contributed by atoms with Crippen molar-refractivity contribution in [1.82, 2.24) is 15.5 Å². The molecule has 3 rings (SSSR count). The molecule has 2 N–H and O–H groups in total. The van der Waals surface area contributed by atoms with E-state index in [-0.39, 0.29) is 23.7 Å². The van der Waals surface area contributed by atoms with Crippen molar-refractivity contribution in [1.29, 1.82) is 0 Å². The lowest BCUT2D eigenvalue weighted by atomic mass is 9.81. The van der Waals surface area contributed by atoms with Crippen LogP contribution >= 0.6 is 0 Å². The number of benzene rings is 1. The van der Waals surface area contributed by atoms with Gasteiger partial charge in [0.15, 0.2) is 0 Å². The molecule has 0 unspecified atom stereocenters. The Balaban J connectivity index is 1.71. The number of esters is 1. The second-order valence-corrected chi connectivity index (χ2v) is 7.11. The van der Waals surface area contributed by atoms with Crippen molar-refractivity contribution < 1.29 is 28.7 Å². The van der Waals surface area contributed by atoms with Crippen molar-refractivity contribution in [2.75, 3.05) is 13.6 Å². The Hall–Kier alpha value is -3.23. The second-order valence-electron chi connectivity index (χ2n) is 7.11. The summed E-state index contributed by atoms with van der Waals surface area (Å²) in [5.41, 5.74) is 0.356. The minimum Gasteiger partial charge on any atom is -0.446 e. The average Bonchev–Trinajstić information content (AvgIpc) is 2.97. The van der Waals surface area contributed by atoms with Gasteiger partial charge < -0.3 is 10.1 Å². The Morgan fingerprint density at radius 3 is 2.21 bits per heavy atom. The summed E-state index contributed by atoms with van der Waals surface area (Å²) in [5.74, 6) is -3.19. The number of hydrogen-bond donors (Lipinski definition) is 2. The second kappa shape index (κ2) is 8.85. The van der Waals surface area contributed by atoms with E-state index in [4.69, 9.17) is 4.74 Å². The molecule has 154 valence electrons. The fourth-order valence-corrected chi connectivity index (χ4v) is 3.83. The normalized spacial score (nSPS) is 21.9. The van der Waals surface area contributed by atoms with Gasteiger partial charge in [0.05, 0.1) is 11.8 Å². The van der Waals surface area contributed by atoms with Gasteiger partial charge in [0.2, 0.25) is 17.9 Å². The molecule has 0 spiro atoms. The molecule has 1 aliphatic carbocycles. The van der Waals surface area contributed by atoms with E-state index in [1.54, 1.807) is 30.3 Å². The van der Waals surface area contributed by atoms with Crippen molar-refractivity contribution in [2.45, 2.75) is 31.8 Å². The molecule has 0 aromatic heterocycles. The fourth-order valence-electron chi connectivity index (χ4n) is 3.83. The summed E-state index contributed by atoms with van der Waals surface area (Å²) in [6.45, 7) is -0.554. The maximum atomic E-state index is 12.5. The lowest BCUT2D eigenvalue weighted by molar-refractivity contribution is -0.160. The number of amides is 5. The van der Waals surface area contributed by atoms with Gasteiger partial charge in [-0.2, -0.15) is 0 Å². The molecule has 1 aromatic carbocycles. The average molecular weight is 401 g/mol. The van der Waals surface area contributed by atoms with Gasteiger partial charge in [-0.1, -0.05) is 43.2 Å². The van der Waals surface area contributed by atoms with Gasteiger partial charge in [-0.05, 0) is 12.8 Å². The lowest BCUT2D eigenvalue weighted by Gasteiger charge is -2.19. The first-order chi connectivity index (χ1) is 13.9. The van der Waals surface area contributed by atoms with Crippen LogP contribution in [0.3, 0.4) is 0 Å². The lowest BCUT2D eigenvalue weighted by Crippen LogP contribution is -2.42. The van der Waals surface area contributed by atoms with Crippen LogP contribution in [-0.4, -0.2) is 48.2 Å². The molecule has 1 aliphatic heterocycles. The molecule has 1 saturated heterocycles. The van der Waals surface area contributed by atoms with Gasteiger partial charge in [-0.25, -0.2) is 4.79 Å². The minimum absolute atomic E-state index is 0.356. The highest BCUT2D eigenvalue weighted by molar-refractivity contribution is 6.07. The van der Waals surface area contributed by atoms with E-state index < -0.39 is 30.6 Å². The van der Waals surface area contributed by atoms with Crippen molar-refractivity contribution in [3.63, 3.8) is 0 Å². The van der Waals surface area contributed by atoms with Crippen LogP contribution in [0.25, 0.3) is 0 Å². The largest absolute Gasteiger partial charge is 0.446 e. The van der Waals surface area contributed by atoms with Crippen molar-refractivity contribution in [3.05, 3.63) is 35.9 Å². The Bertz CT molecular complexity index is 801. The van der Waals surface area contributed by atoms with Crippen molar-refractivity contribution in [2.24, 2.45) is 11.8 Å². The fraction of sp³-hybridized carbons (Fsp3) is 0.450. The molecule has 1 aromatic rings. The molecule has 29 heavy (non-hydrogen) atoms. The minimum atomic E-state index is -1.39. The zero-order valence-corrected chi connectivity index (χ0v) is 16.1. The molecular formula is C20H23N3O6. The zero-order chi connectivity index (χ0) is 21.0. The van der Waals surface area contributed by atoms with Gasteiger partial charge in [0.1, 0.15) is 6.54 Å². The van der Waals surface area contributed by atoms with E-state index in [0.717, 1.165) is 17.7 Å². The number of carbonyl (C=O) groups is 5. The summed E-state index contributed by atoms with van der Waals surface area (Å²) in [6.07, 6.45) is 1.66. The monoisotopic (exact) mass is 401 g/mol. The van der Waals surface area contributed by atoms with E-state index in [2.05, 4.69) is 10.6 Å². The quantitative estimate of drug-likeness (QED) is 0.558. The molecule has 9 nitrogen and oxygen atoms in total. The van der Waals surface area contributed by atoms with Crippen molar-refractivity contribution in [3.8, 4) is 0 Å². The number of carbonyl (C=O) groups excluding carboxylic acids is 5. The van der Waals surface area contributed by atoms with Gasteiger partial charge in [-0.15, -0.1) is 0 Å². The Kier molecular flexibility index (Phi) is 6.26. The van der Waals surface area contributed by atoms with Crippen LogP contribution < -0.4 is 10.6 Å². The number of urea groups is 1. The summed E-state index contributed by atoms with van der Waals surface area (Å²) in [4.78, 5) is 62.4. The molecule has 2 fully saturated rings. The van der Waals surface area contributed by atoms with E-state index in [9.17, 15) is 24.0 Å². The number of fused-ring (bicyclic) bond motifs is 1. The van der Waals surface area contributed by atoms with Crippen molar-refractivity contribution >= 4 is 29.7 Å². The Morgan fingerprint density at radius 2 is 1.66 bits per heavy atom. The number of ether oxygens (including phenoxy) is 1. The van der Waals surface area contributed by atoms with Crippen LogP contribution in [0.2, 0.25) is 0 Å². The van der Waals surface area contributed by atoms with Gasteiger partial charge in [0.25, 0.3) is 5.91 Å². The highest BCUT2D eigenvalue weighted by Gasteiger charge is 2.48. The summed E-state index contributed by atoms with van der Waals surface area (Å²) >= 11 is 0. The molecule has 3 atom stereocenters. The van der Waals surface area contributed by atoms with E-state index >= 15 is 0 Å². The van der Waals surface area contributed by atoms with Gasteiger partial charge in [0, 0.05) is 12.6 Å². The highest BCUT2D eigenvalue weighted by Crippen LogP contribution is 2.38. The predicted molar refractivity (Wildman–Crippen MR) is 100 cm³/mol. The van der Waals surface area contributed by atoms with E-state index in [1.165, 1.54) is 7.05 Å². The van der Waals surface area contributed by atoms with Crippen LogP contribution in [-0.2, 0) is 23.9 Å². The SMILES string of the molecule is CNC(=O)NC(=O)[C@@H](OC(=O)CN1C(=O)[C@H]2CCCC[C@H]2C1=O)c1ccccc1. The number of imide groups is 2. The maximum Gasteiger partial charge on any atom is 0.327 e. The number of nitrogens with one attached hydrogen (secondary N) is 2. The first-order valence-electron chi connectivity index (χ1n) is 9.54. The highest BCUT2D eigenvalue weighted by atomic mass is 16.5. The van der Waals surface area contributed by atoms with Gasteiger partial charge >= 0.3 is 12.0 Å². The molecule has 0 bridgehead atoms. The molecule has 9 heteroatoms. The predicted octanol–water partition coefficient (Wildman–Crippen LogP) is 0.902. The third kappa shape index (κ3) is 4.44. The first-order valence-corrected chi connectivity index (χ1v) is 9.54. The Morgan fingerprint density at radius 1 is 1.07 bits per heavy atom. The molecule has 2 aliphatic rings. The topological polar surface area (TPSA) is 122 Å². The summed E-state index contributed by atoms with van der Waals surface area (Å²) in [6, 6.07) is 7.43. The van der Waals surface area contributed by atoms with Crippen LogP contribution in [0.1, 0.15) is 37.4 Å². The summed E-state index contributed by atoms with van der Waals surface area (Å²) in [7, 11) is 1.34. The maximum absolute atomic E-state index is 12.5. The van der Waals surface area contributed by atoms with E-state index in [1.807, 2.05) is 0 Å². The summed E-state index contributed by atoms with van der Waals surface area (Å²) in [5, 5.41) is 4.32. The summed E-state index contributed by atoms with van der Waals surface area (Å²) < 4.78 is 5.28. The molecule has 0 radical (unpaired) electrons. The molecule has 1 saturated carbocycles. The number of hydrogen-bond acceptors (Lipinski definition) is 6. The Labute approximate surface area is 167 Å². The van der Waals surface area contributed by atoms with Gasteiger partial charge in [-0.3, -0.25) is 29.4 Å². The molecule has 1 heterocycles. The van der Waals surface area contributed by atoms with Crippen LogP contribution in [0.4, 0.5) is 4.79 Å². The zero-order valence-electron chi connectivity index (χ0n) is 16.1. The molecular weight excluding hydrogens is 378 g/mol. The standard InChI is InChI=1S/C20H23N3O6/c1-21-20(28)22-17(25)16(12-7-3-2-4-8-12)29-15(24)11-23-18(26)13-9-5-6-10-14(13)19(23)27/h2-4,7-8,13-14,16H,5-6,9-11H2,1H3,(H2,21,22,25,28)/t13-,14+,16-/m0/s1. The number of rotatable bonds is 5. The van der Waals surface area contributed by atoms with Crippen LogP contribution in [0.15, 0.2) is 30.3 Å². The number of likely N-dealkylation sites (tertiary alicyclic amines) is 1. The number of nitrogens with zero attached hydrogens (tertiary/aromatic N) is 1. The van der Waals surface area contributed by atoms with Crippen LogP contribution in [0, 0.1) is 11.8 Å². The van der Waals surface area contributed by atoms with E-state index in [0.29, 0.717) is 18.4 Å². The first kappa shape index (κ1) is 20.5. The van der Waals surface area contributed by atoms with Crippen LogP contribution in [0.5, 0.6) is 0 Å².